The lowest BCUT2D eigenvalue weighted by molar-refractivity contribution is 0.252. The van der Waals surface area contributed by atoms with Crippen LogP contribution in [-0.4, -0.2) is 12.2 Å². The van der Waals surface area contributed by atoms with E-state index in [0.29, 0.717) is 21.1 Å². The minimum absolute atomic E-state index is 0.465. The zero-order valence-electron chi connectivity index (χ0n) is 9.86. The van der Waals surface area contributed by atoms with Crippen LogP contribution in [-0.2, 0) is 0 Å². The van der Waals surface area contributed by atoms with Gasteiger partial charge in [0.1, 0.15) is 5.76 Å². The first-order valence-electron chi connectivity index (χ1n) is 5.35. The van der Waals surface area contributed by atoms with Crippen LogP contribution in [0, 0.1) is 0 Å². The lowest BCUT2D eigenvalue weighted by atomic mass is 10.3. The minimum atomic E-state index is -0.465. The summed E-state index contributed by atoms with van der Waals surface area (Å²) in [4.78, 5) is 11.5. The molecule has 0 aliphatic heterocycles. The summed E-state index contributed by atoms with van der Waals surface area (Å²) in [5.41, 5.74) is 2.94. The van der Waals surface area contributed by atoms with Crippen molar-refractivity contribution in [1.29, 1.82) is 0 Å². The summed E-state index contributed by atoms with van der Waals surface area (Å²) in [5, 5.41) is 6.96. The molecule has 0 unspecified atom stereocenters. The molecule has 0 fully saturated rings. The predicted molar refractivity (Wildman–Crippen MR) is 85.3 cm³/mol. The van der Waals surface area contributed by atoms with E-state index in [2.05, 4.69) is 47.7 Å². The number of amides is 2. The molecule has 1 heterocycles. The number of furan rings is 1. The van der Waals surface area contributed by atoms with E-state index in [-0.39, 0.29) is 0 Å². The Bertz CT molecular complexity index is 621. The summed E-state index contributed by atoms with van der Waals surface area (Å²) in [5.74, 6) is 0.496. The van der Waals surface area contributed by atoms with Gasteiger partial charge in [0.2, 0.25) is 0 Å². The van der Waals surface area contributed by atoms with Gasteiger partial charge in [0.15, 0.2) is 4.67 Å². The molecule has 2 rings (SSSR count). The number of hydrogen-bond donors (Lipinski definition) is 2. The number of urea groups is 1. The molecule has 0 atom stereocenters. The number of benzene rings is 1. The van der Waals surface area contributed by atoms with Gasteiger partial charge >= 0.3 is 6.03 Å². The second-order valence-electron chi connectivity index (χ2n) is 3.60. The Morgan fingerprint density at radius 2 is 2.00 bits per heavy atom. The van der Waals surface area contributed by atoms with Crippen LogP contribution in [0.25, 0.3) is 0 Å². The first kappa shape index (κ1) is 15.1. The van der Waals surface area contributed by atoms with Crippen molar-refractivity contribution in [2.24, 2.45) is 5.10 Å². The summed E-state index contributed by atoms with van der Waals surface area (Å²) >= 11 is 12.2. The van der Waals surface area contributed by atoms with E-state index in [9.17, 15) is 4.79 Å². The van der Waals surface area contributed by atoms with Crippen LogP contribution < -0.4 is 10.7 Å². The van der Waals surface area contributed by atoms with E-state index in [1.165, 1.54) is 6.21 Å². The molecule has 2 aromatic rings. The van der Waals surface area contributed by atoms with Gasteiger partial charge in [0, 0.05) is 16.8 Å². The van der Waals surface area contributed by atoms with Crippen molar-refractivity contribution >= 4 is 61.4 Å². The molecule has 0 radical (unpaired) electrons. The van der Waals surface area contributed by atoms with Crippen LogP contribution in [0.2, 0.25) is 5.02 Å². The second kappa shape index (κ2) is 6.92. The van der Waals surface area contributed by atoms with Gasteiger partial charge in [-0.2, -0.15) is 5.10 Å². The summed E-state index contributed by atoms with van der Waals surface area (Å²) in [7, 11) is 0. The Morgan fingerprint density at radius 1 is 1.30 bits per heavy atom. The third-order valence-corrected chi connectivity index (χ3v) is 4.09. The smallest absolute Gasteiger partial charge is 0.339 e. The summed E-state index contributed by atoms with van der Waals surface area (Å²) < 4.78 is 6.59. The fourth-order valence-corrected chi connectivity index (χ4v) is 2.01. The van der Waals surface area contributed by atoms with Crippen LogP contribution in [0.4, 0.5) is 10.5 Å². The molecule has 0 aliphatic rings. The molecule has 8 heteroatoms. The molecule has 0 spiro atoms. The Morgan fingerprint density at radius 3 is 2.60 bits per heavy atom. The Balaban J connectivity index is 1.87. The first-order valence-corrected chi connectivity index (χ1v) is 7.31. The molecular formula is C12H8Br2ClN3O2. The zero-order valence-corrected chi connectivity index (χ0v) is 13.8. The average molecular weight is 421 g/mol. The van der Waals surface area contributed by atoms with Gasteiger partial charge in [-0.3, -0.25) is 0 Å². The van der Waals surface area contributed by atoms with Crippen LogP contribution >= 0.6 is 43.5 Å². The lowest BCUT2D eigenvalue weighted by Gasteiger charge is -2.03. The van der Waals surface area contributed by atoms with Crippen LogP contribution in [0.5, 0.6) is 0 Å². The largest absolute Gasteiger partial charge is 0.447 e. The highest BCUT2D eigenvalue weighted by Gasteiger charge is 2.04. The molecule has 2 amide bonds. The number of rotatable bonds is 3. The molecule has 0 saturated carbocycles. The van der Waals surface area contributed by atoms with Crippen LogP contribution in [0.1, 0.15) is 5.76 Å². The number of carbonyl (C=O) groups excluding carboxylic acids is 1. The number of halogens is 3. The fraction of sp³-hybridized carbons (Fsp3) is 0. The molecule has 20 heavy (non-hydrogen) atoms. The summed E-state index contributed by atoms with van der Waals surface area (Å²) in [6, 6.07) is 7.98. The summed E-state index contributed by atoms with van der Waals surface area (Å²) in [6.45, 7) is 0. The molecule has 5 nitrogen and oxygen atoms in total. The first-order chi connectivity index (χ1) is 9.54. The highest BCUT2D eigenvalue weighted by Crippen LogP contribution is 2.25. The lowest BCUT2D eigenvalue weighted by Crippen LogP contribution is -2.24. The number of hydrazone groups is 1. The number of nitrogens with zero attached hydrogens (tertiary/aromatic N) is 1. The van der Waals surface area contributed by atoms with E-state index in [1.54, 1.807) is 30.3 Å². The van der Waals surface area contributed by atoms with Crippen molar-refractivity contribution in [1.82, 2.24) is 5.43 Å². The molecule has 104 valence electrons. The van der Waals surface area contributed by atoms with Crippen molar-refractivity contribution in [3.8, 4) is 0 Å². The third kappa shape index (κ3) is 4.36. The van der Waals surface area contributed by atoms with Gasteiger partial charge < -0.3 is 9.73 Å². The van der Waals surface area contributed by atoms with Gasteiger partial charge in [-0.15, -0.1) is 0 Å². The highest BCUT2D eigenvalue weighted by atomic mass is 79.9. The van der Waals surface area contributed by atoms with Gasteiger partial charge in [-0.1, -0.05) is 11.6 Å². The molecular weight excluding hydrogens is 413 g/mol. The molecule has 1 aromatic heterocycles. The summed E-state index contributed by atoms with van der Waals surface area (Å²) in [6.07, 6.45) is 1.39. The maximum Gasteiger partial charge on any atom is 0.339 e. The quantitative estimate of drug-likeness (QED) is 0.561. The SMILES string of the molecule is O=C(N/N=C/c1cc(Br)c(Br)o1)Nc1ccc(Cl)cc1. The zero-order chi connectivity index (χ0) is 14.5. The monoisotopic (exact) mass is 419 g/mol. The Kier molecular flexibility index (Phi) is 5.22. The Hall–Kier alpha value is -1.31. The maximum absolute atomic E-state index is 11.5. The van der Waals surface area contributed by atoms with Crippen molar-refractivity contribution < 1.29 is 9.21 Å². The van der Waals surface area contributed by atoms with Crippen molar-refractivity contribution in [2.75, 3.05) is 5.32 Å². The van der Waals surface area contributed by atoms with Crippen molar-refractivity contribution in [3.05, 3.63) is 50.3 Å². The maximum atomic E-state index is 11.5. The van der Waals surface area contributed by atoms with Crippen LogP contribution in [0.3, 0.4) is 0 Å². The van der Waals surface area contributed by atoms with Crippen molar-refractivity contribution in [2.45, 2.75) is 0 Å². The fourth-order valence-electron chi connectivity index (χ4n) is 1.27. The van der Waals surface area contributed by atoms with Gasteiger partial charge in [0.25, 0.3) is 0 Å². The standard InChI is InChI=1S/C12H8Br2ClN3O2/c13-10-5-9(20-11(10)14)6-16-18-12(19)17-8-3-1-7(15)2-4-8/h1-6H,(H2,17,18,19)/b16-6+. The number of anilines is 1. The van der Waals surface area contributed by atoms with Gasteiger partial charge in [-0.05, 0) is 56.1 Å². The van der Waals surface area contributed by atoms with E-state index >= 15 is 0 Å². The van der Waals surface area contributed by atoms with Crippen LogP contribution in [0.15, 0.2) is 49.0 Å². The molecule has 0 bridgehead atoms. The van der Waals surface area contributed by atoms with Gasteiger partial charge in [-0.25, -0.2) is 10.2 Å². The Labute approximate surface area is 136 Å². The number of hydrogen-bond acceptors (Lipinski definition) is 3. The molecule has 2 N–H and O–H groups in total. The van der Waals surface area contributed by atoms with E-state index in [0.717, 1.165) is 4.47 Å². The average Bonchev–Trinajstić information content (AvgIpc) is 2.71. The topological polar surface area (TPSA) is 66.6 Å². The third-order valence-electron chi connectivity index (χ3n) is 2.12. The van der Waals surface area contributed by atoms with E-state index in [4.69, 9.17) is 16.0 Å². The molecule has 0 saturated heterocycles. The number of carbonyl (C=O) groups is 1. The molecule has 1 aromatic carbocycles. The minimum Gasteiger partial charge on any atom is -0.447 e. The van der Waals surface area contributed by atoms with Crippen molar-refractivity contribution in [3.63, 3.8) is 0 Å². The highest BCUT2D eigenvalue weighted by molar-refractivity contribution is 9.13. The predicted octanol–water partition coefficient (Wildman–Crippen LogP) is 4.61. The second-order valence-corrected chi connectivity index (χ2v) is 5.61. The number of nitrogens with one attached hydrogen (secondary N) is 2. The van der Waals surface area contributed by atoms with E-state index < -0.39 is 6.03 Å². The van der Waals surface area contributed by atoms with Gasteiger partial charge in [0.05, 0.1) is 10.7 Å². The van der Waals surface area contributed by atoms with E-state index in [1.807, 2.05) is 0 Å². The normalized spacial score (nSPS) is 10.8. The molecule has 0 aliphatic carbocycles.